The Balaban J connectivity index is 1.23. The summed E-state index contributed by atoms with van der Waals surface area (Å²) in [5.41, 5.74) is 5.42. The molecule has 0 aromatic heterocycles. The van der Waals surface area contributed by atoms with Crippen molar-refractivity contribution in [3.63, 3.8) is 0 Å². The van der Waals surface area contributed by atoms with Gasteiger partial charge < -0.3 is 23.7 Å². The largest absolute Gasteiger partial charge is 0.370 e. The normalized spacial score (nSPS) is 19.1. The number of rotatable bonds is 15. The highest BCUT2D eigenvalue weighted by molar-refractivity contribution is 5.47. The highest BCUT2D eigenvalue weighted by atomic mass is 16.6. The Morgan fingerprint density at radius 1 is 0.431 bits per heavy atom. The van der Waals surface area contributed by atoms with Gasteiger partial charge in [0.15, 0.2) is 0 Å². The summed E-state index contributed by atoms with van der Waals surface area (Å²) in [5, 5.41) is 0. The number of ether oxygens (including phenoxy) is 5. The molecule has 0 unspecified atom stereocenters. The zero-order valence-electron chi connectivity index (χ0n) is 28.7. The first-order valence-electron chi connectivity index (χ1n) is 17.7. The van der Waals surface area contributed by atoms with Gasteiger partial charge in [0.05, 0.1) is 33.0 Å². The van der Waals surface area contributed by atoms with E-state index >= 15 is 0 Å². The maximum Gasteiger partial charge on any atom is 0.143 e. The van der Waals surface area contributed by atoms with Gasteiger partial charge in [-0.3, -0.25) is 0 Å². The van der Waals surface area contributed by atoms with Crippen LogP contribution in [0.15, 0.2) is 182 Å². The Morgan fingerprint density at radius 2 is 0.784 bits per heavy atom. The number of hydrogen-bond donors (Lipinski definition) is 0. The van der Waals surface area contributed by atoms with E-state index in [0.717, 1.165) is 33.4 Å². The second-order valence-electron chi connectivity index (χ2n) is 12.8. The summed E-state index contributed by atoms with van der Waals surface area (Å²) < 4.78 is 34.2. The van der Waals surface area contributed by atoms with E-state index in [2.05, 4.69) is 109 Å². The molecule has 0 spiro atoms. The van der Waals surface area contributed by atoms with Gasteiger partial charge in [-0.1, -0.05) is 182 Å². The summed E-state index contributed by atoms with van der Waals surface area (Å²) in [7, 11) is 0. The third-order valence-electron chi connectivity index (χ3n) is 9.41. The van der Waals surface area contributed by atoms with Gasteiger partial charge in [0, 0.05) is 0 Å². The molecule has 258 valence electrons. The Morgan fingerprint density at radius 3 is 1.20 bits per heavy atom. The minimum Gasteiger partial charge on any atom is -0.370 e. The van der Waals surface area contributed by atoms with Gasteiger partial charge >= 0.3 is 0 Å². The fourth-order valence-corrected chi connectivity index (χ4v) is 6.81. The number of hydrogen-bond acceptors (Lipinski definition) is 5. The molecule has 6 aromatic carbocycles. The van der Waals surface area contributed by atoms with Crippen LogP contribution in [0.25, 0.3) is 0 Å². The zero-order valence-corrected chi connectivity index (χ0v) is 28.7. The quantitative estimate of drug-likeness (QED) is 0.102. The van der Waals surface area contributed by atoms with E-state index in [9.17, 15) is 0 Å². The average molecular weight is 677 g/mol. The average Bonchev–Trinajstić information content (AvgIpc) is 3.21. The van der Waals surface area contributed by atoms with Gasteiger partial charge in [-0.15, -0.1) is 0 Å². The zero-order chi connectivity index (χ0) is 34.6. The van der Waals surface area contributed by atoms with E-state index in [4.69, 9.17) is 23.7 Å². The lowest BCUT2D eigenvalue weighted by Gasteiger charge is -2.44. The molecule has 6 aromatic rings. The molecular formula is C46H44O5. The molecule has 0 aliphatic carbocycles. The first kappa shape index (κ1) is 34.6. The lowest BCUT2D eigenvalue weighted by Crippen LogP contribution is -2.57. The highest BCUT2D eigenvalue weighted by Gasteiger charge is 2.45. The molecule has 1 aliphatic heterocycles. The molecule has 5 heteroatoms. The molecule has 51 heavy (non-hydrogen) atoms. The molecular weight excluding hydrogens is 633 g/mol. The van der Waals surface area contributed by atoms with Gasteiger partial charge in [0.1, 0.15) is 30.0 Å². The van der Waals surface area contributed by atoms with Crippen LogP contribution in [0.1, 0.15) is 33.4 Å². The first-order chi connectivity index (χ1) is 25.3. The third kappa shape index (κ3) is 8.54. The molecule has 1 aliphatic rings. The Labute approximate surface area is 301 Å². The molecule has 4 atom stereocenters. The fraction of sp³-hybridized carbons (Fsp3) is 0.217. The highest BCUT2D eigenvalue weighted by Crippen LogP contribution is 2.41. The van der Waals surface area contributed by atoms with E-state index in [0.29, 0.717) is 26.4 Å². The van der Waals surface area contributed by atoms with Crippen molar-refractivity contribution in [1.29, 1.82) is 0 Å². The van der Waals surface area contributed by atoms with Crippen LogP contribution in [-0.4, -0.2) is 37.6 Å². The molecule has 0 bridgehead atoms. The van der Waals surface area contributed by atoms with Crippen LogP contribution in [0.5, 0.6) is 0 Å². The van der Waals surface area contributed by atoms with Crippen molar-refractivity contribution in [2.45, 2.75) is 49.8 Å². The van der Waals surface area contributed by atoms with Crippen molar-refractivity contribution in [3.05, 3.63) is 215 Å². The van der Waals surface area contributed by atoms with Crippen LogP contribution in [0, 0.1) is 0 Å². The van der Waals surface area contributed by atoms with E-state index in [1.54, 1.807) is 0 Å². The lowest BCUT2D eigenvalue weighted by atomic mass is 9.80. The van der Waals surface area contributed by atoms with Crippen molar-refractivity contribution < 1.29 is 23.7 Å². The smallest absolute Gasteiger partial charge is 0.143 e. The molecule has 0 saturated carbocycles. The van der Waals surface area contributed by atoms with Crippen molar-refractivity contribution in [2.24, 2.45) is 0 Å². The van der Waals surface area contributed by atoms with Crippen LogP contribution < -0.4 is 0 Å². The summed E-state index contributed by atoms with van der Waals surface area (Å²) in [6.07, 6.45) is -1.75. The topological polar surface area (TPSA) is 46.2 Å². The summed E-state index contributed by atoms with van der Waals surface area (Å²) in [5.74, 6) is 0. The molecule has 1 heterocycles. The maximum atomic E-state index is 7.28. The Bertz CT molecular complexity index is 1760. The van der Waals surface area contributed by atoms with Crippen molar-refractivity contribution in [1.82, 2.24) is 0 Å². The SMILES string of the molecule is c1ccc(CO[C@H]2[C@H](OCc3ccccc3)[C@@H](COC(c3ccccc3)(c3ccccc3)c3ccccc3)OC[C@H]2OCc2ccccc2)cc1. The van der Waals surface area contributed by atoms with Crippen LogP contribution >= 0.6 is 0 Å². The molecule has 1 fully saturated rings. The summed E-state index contributed by atoms with van der Waals surface area (Å²) in [6, 6.07) is 61.9. The monoisotopic (exact) mass is 676 g/mol. The van der Waals surface area contributed by atoms with Gasteiger partial charge in [-0.2, -0.15) is 0 Å². The van der Waals surface area contributed by atoms with E-state index in [1.807, 2.05) is 72.8 Å². The van der Waals surface area contributed by atoms with Gasteiger partial charge in [-0.05, 0) is 33.4 Å². The lowest BCUT2D eigenvalue weighted by molar-refractivity contribution is -0.250. The second-order valence-corrected chi connectivity index (χ2v) is 12.8. The molecule has 1 saturated heterocycles. The van der Waals surface area contributed by atoms with Gasteiger partial charge in [0.2, 0.25) is 0 Å². The first-order valence-corrected chi connectivity index (χ1v) is 17.7. The summed E-state index contributed by atoms with van der Waals surface area (Å²) in [4.78, 5) is 0. The second kappa shape index (κ2) is 17.4. The van der Waals surface area contributed by atoms with Crippen LogP contribution in [-0.2, 0) is 49.1 Å². The predicted molar refractivity (Wildman–Crippen MR) is 200 cm³/mol. The van der Waals surface area contributed by atoms with Crippen molar-refractivity contribution >= 4 is 0 Å². The molecule has 0 amide bonds. The standard InChI is InChI=1S/C46H44O5/c1-7-19-36(20-8-1)31-47-42-34-48-43(45(50-33-38-23-11-3-12-24-38)44(42)49-32-37-21-9-2-10-22-37)35-51-46(39-25-13-4-14-26-39,40-27-15-5-16-28-40)41-29-17-6-18-30-41/h1-30,42-45H,31-35H2/t42-,43-,44-,45-/m1/s1. The maximum absolute atomic E-state index is 7.28. The van der Waals surface area contributed by atoms with Crippen molar-refractivity contribution in [3.8, 4) is 0 Å². The van der Waals surface area contributed by atoms with Gasteiger partial charge in [0.25, 0.3) is 0 Å². The molecule has 5 nitrogen and oxygen atoms in total. The summed E-state index contributed by atoms with van der Waals surface area (Å²) in [6.45, 7) is 1.82. The van der Waals surface area contributed by atoms with Crippen LogP contribution in [0.4, 0.5) is 0 Å². The van der Waals surface area contributed by atoms with E-state index in [-0.39, 0.29) is 12.7 Å². The predicted octanol–water partition coefficient (Wildman–Crippen LogP) is 9.15. The molecule has 0 radical (unpaired) electrons. The van der Waals surface area contributed by atoms with Crippen LogP contribution in [0.3, 0.4) is 0 Å². The molecule has 0 N–H and O–H groups in total. The van der Waals surface area contributed by atoms with Crippen molar-refractivity contribution in [2.75, 3.05) is 13.2 Å². The minimum absolute atomic E-state index is 0.245. The Kier molecular flexibility index (Phi) is 11.8. The van der Waals surface area contributed by atoms with Crippen LogP contribution in [0.2, 0.25) is 0 Å². The van der Waals surface area contributed by atoms with E-state index < -0.39 is 23.9 Å². The fourth-order valence-electron chi connectivity index (χ4n) is 6.81. The number of benzene rings is 6. The summed E-state index contributed by atoms with van der Waals surface area (Å²) >= 11 is 0. The third-order valence-corrected chi connectivity index (χ3v) is 9.41. The van der Waals surface area contributed by atoms with Gasteiger partial charge in [-0.25, -0.2) is 0 Å². The molecule has 7 rings (SSSR count). The minimum atomic E-state index is -0.905. The van der Waals surface area contributed by atoms with E-state index in [1.165, 1.54) is 0 Å². The Hall–Kier alpha value is -4.88.